The SMILES string of the molecule is CC([O])NC1CCCC2CC=CCC21. The van der Waals surface area contributed by atoms with E-state index >= 15 is 0 Å². The molecular formula is C12H20NO. The molecule has 2 aliphatic carbocycles. The van der Waals surface area contributed by atoms with Gasteiger partial charge in [-0.3, -0.25) is 5.32 Å². The van der Waals surface area contributed by atoms with Crippen molar-refractivity contribution < 1.29 is 5.11 Å². The molecule has 2 heteroatoms. The second kappa shape index (κ2) is 4.45. The molecule has 2 rings (SSSR count). The first-order valence-electron chi connectivity index (χ1n) is 5.84. The van der Waals surface area contributed by atoms with Crippen molar-refractivity contribution in [3.63, 3.8) is 0 Å². The maximum absolute atomic E-state index is 11.1. The van der Waals surface area contributed by atoms with Crippen molar-refractivity contribution in [3.05, 3.63) is 12.2 Å². The Morgan fingerprint density at radius 3 is 2.86 bits per heavy atom. The Balaban J connectivity index is 1.98. The molecule has 0 heterocycles. The lowest BCUT2D eigenvalue weighted by Gasteiger charge is -2.40. The molecule has 0 amide bonds. The van der Waals surface area contributed by atoms with Crippen molar-refractivity contribution in [2.24, 2.45) is 11.8 Å². The summed E-state index contributed by atoms with van der Waals surface area (Å²) >= 11 is 0. The molecule has 14 heavy (non-hydrogen) atoms. The Bertz CT molecular complexity index is 212. The van der Waals surface area contributed by atoms with Crippen molar-refractivity contribution >= 4 is 0 Å². The van der Waals surface area contributed by atoms with Crippen LogP contribution < -0.4 is 5.32 Å². The first kappa shape index (κ1) is 10.2. The van der Waals surface area contributed by atoms with Gasteiger partial charge in [-0.15, -0.1) is 0 Å². The third-order valence-corrected chi connectivity index (χ3v) is 3.67. The lowest BCUT2D eigenvalue weighted by molar-refractivity contribution is 0.0375. The van der Waals surface area contributed by atoms with Crippen LogP contribution in [0.4, 0.5) is 0 Å². The van der Waals surface area contributed by atoms with Gasteiger partial charge in [-0.2, -0.15) is 0 Å². The van der Waals surface area contributed by atoms with E-state index in [-0.39, 0.29) is 0 Å². The molecule has 1 N–H and O–H groups in total. The van der Waals surface area contributed by atoms with E-state index < -0.39 is 6.23 Å². The summed E-state index contributed by atoms with van der Waals surface area (Å²) in [7, 11) is 0. The molecule has 2 aliphatic rings. The molecular weight excluding hydrogens is 174 g/mol. The van der Waals surface area contributed by atoms with Crippen LogP contribution in [0.3, 0.4) is 0 Å². The predicted octanol–water partition coefficient (Wildman–Crippen LogP) is 2.49. The van der Waals surface area contributed by atoms with E-state index in [1.165, 1.54) is 32.1 Å². The van der Waals surface area contributed by atoms with E-state index in [9.17, 15) is 5.11 Å². The Labute approximate surface area is 86.4 Å². The van der Waals surface area contributed by atoms with Crippen LogP contribution in [0.5, 0.6) is 0 Å². The van der Waals surface area contributed by atoms with Gasteiger partial charge in [0.05, 0.1) is 0 Å². The summed E-state index contributed by atoms with van der Waals surface area (Å²) in [5.41, 5.74) is 0. The second-order valence-corrected chi connectivity index (χ2v) is 4.71. The van der Waals surface area contributed by atoms with Gasteiger partial charge < -0.3 is 0 Å². The van der Waals surface area contributed by atoms with E-state index in [0.717, 1.165) is 11.8 Å². The molecule has 0 aromatic carbocycles. The lowest BCUT2D eigenvalue weighted by atomic mass is 9.70. The lowest BCUT2D eigenvalue weighted by Crippen LogP contribution is -2.46. The predicted molar refractivity (Wildman–Crippen MR) is 56.3 cm³/mol. The van der Waals surface area contributed by atoms with Gasteiger partial charge >= 0.3 is 0 Å². The quantitative estimate of drug-likeness (QED) is 0.531. The van der Waals surface area contributed by atoms with E-state index in [0.29, 0.717) is 6.04 Å². The van der Waals surface area contributed by atoms with Gasteiger partial charge in [0, 0.05) is 6.04 Å². The molecule has 0 bridgehead atoms. The zero-order chi connectivity index (χ0) is 9.97. The van der Waals surface area contributed by atoms with Crippen LogP contribution in [0.1, 0.15) is 39.0 Å². The smallest absolute Gasteiger partial charge is 0.141 e. The minimum atomic E-state index is -0.607. The first-order valence-corrected chi connectivity index (χ1v) is 5.84. The summed E-state index contributed by atoms with van der Waals surface area (Å²) in [5, 5.41) is 14.3. The largest absolute Gasteiger partial charge is 0.287 e. The minimum Gasteiger partial charge on any atom is -0.287 e. The number of nitrogens with one attached hydrogen (secondary N) is 1. The van der Waals surface area contributed by atoms with Crippen LogP contribution in [0.15, 0.2) is 12.2 Å². The molecule has 4 unspecified atom stereocenters. The van der Waals surface area contributed by atoms with Gasteiger partial charge in [0.1, 0.15) is 6.23 Å². The fraction of sp³-hybridized carbons (Fsp3) is 0.833. The number of fused-ring (bicyclic) bond motifs is 1. The zero-order valence-electron chi connectivity index (χ0n) is 8.91. The maximum atomic E-state index is 11.1. The van der Waals surface area contributed by atoms with Crippen molar-refractivity contribution in [3.8, 4) is 0 Å². The molecule has 0 spiro atoms. The summed E-state index contributed by atoms with van der Waals surface area (Å²) in [6.07, 6.45) is 10.2. The third-order valence-electron chi connectivity index (χ3n) is 3.67. The highest BCUT2D eigenvalue weighted by Gasteiger charge is 2.33. The summed E-state index contributed by atoms with van der Waals surface area (Å²) in [6.45, 7) is 1.71. The average molecular weight is 194 g/mol. The highest BCUT2D eigenvalue weighted by molar-refractivity contribution is 5.00. The Hall–Kier alpha value is -0.340. The summed E-state index contributed by atoms with van der Waals surface area (Å²) in [4.78, 5) is 0. The third kappa shape index (κ3) is 2.18. The highest BCUT2D eigenvalue weighted by Crippen LogP contribution is 2.37. The average Bonchev–Trinajstić information content (AvgIpc) is 2.18. The molecule has 1 radical (unpaired) electrons. The van der Waals surface area contributed by atoms with Crippen molar-refractivity contribution in [1.29, 1.82) is 0 Å². The summed E-state index contributed by atoms with van der Waals surface area (Å²) < 4.78 is 0. The van der Waals surface area contributed by atoms with E-state index in [4.69, 9.17) is 0 Å². The topological polar surface area (TPSA) is 31.9 Å². The van der Waals surface area contributed by atoms with Crippen LogP contribution in [-0.4, -0.2) is 12.3 Å². The molecule has 0 saturated heterocycles. The zero-order valence-corrected chi connectivity index (χ0v) is 8.91. The molecule has 0 aliphatic heterocycles. The van der Waals surface area contributed by atoms with Gasteiger partial charge in [0.25, 0.3) is 0 Å². The molecule has 79 valence electrons. The van der Waals surface area contributed by atoms with Crippen molar-refractivity contribution in [2.45, 2.75) is 51.3 Å². The normalized spacial score (nSPS) is 39.1. The van der Waals surface area contributed by atoms with E-state index in [1.54, 1.807) is 6.92 Å². The van der Waals surface area contributed by atoms with Gasteiger partial charge in [-0.05, 0) is 44.4 Å². The minimum absolute atomic E-state index is 0.478. The van der Waals surface area contributed by atoms with Gasteiger partial charge in [0.2, 0.25) is 0 Å². The van der Waals surface area contributed by atoms with Crippen LogP contribution in [0.2, 0.25) is 0 Å². The Morgan fingerprint density at radius 2 is 2.07 bits per heavy atom. The van der Waals surface area contributed by atoms with Gasteiger partial charge in [-0.25, -0.2) is 5.11 Å². The van der Waals surface area contributed by atoms with Gasteiger partial charge in [0.15, 0.2) is 0 Å². The van der Waals surface area contributed by atoms with Crippen LogP contribution in [-0.2, 0) is 5.11 Å². The summed E-state index contributed by atoms with van der Waals surface area (Å²) in [5.74, 6) is 1.56. The highest BCUT2D eigenvalue weighted by atomic mass is 16.3. The molecule has 0 aromatic rings. The molecule has 1 saturated carbocycles. The maximum Gasteiger partial charge on any atom is 0.141 e. The van der Waals surface area contributed by atoms with Gasteiger partial charge in [-0.1, -0.05) is 18.6 Å². The van der Waals surface area contributed by atoms with E-state index in [1.807, 2.05) is 0 Å². The van der Waals surface area contributed by atoms with E-state index in [2.05, 4.69) is 17.5 Å². The number of rotatable bonds is 2. The Morgan fingerprint density at radius 1 is 1.29 bits per heavy atom. The molecule has 0 aromatic heterocycles. The number of hydrogen-bond donors (Lipinski definition) is 1. The summed E-state index contributed by atoms with van der Waals surface area (Å²) in [6, 6.07) is 0.478. The van der Waals surface area contributed by atoms with Crippen molar-refractivity contribution in [2.75, 3.05) is 0 Å². The molecule has 4 atom stereocenters. The standard InChI is InChI=1S/C12H20NO/c1-9(14)13-12-8-4-6-10-5-2-3-7-11(10)12/h2-3,9-13H,4-8H2,1H3. The molecule has 2 nitrogen and oxygen atoms in total. The fourth-order valence-electron chi connectivity index (χ4n) is 3.04. The second-order valence-electron chi connectivity index (χ2n) is 4.71. The van der Waals surface area contributed by atoms with Crippen LogP contribution >= 0.6 is 0 Å². The monoisotopic (exact) mass is 194 g/mol. The first-order chi connectivity index (χ1) is 6.77. The van der Waals surface area contributed by atoms with Crippen LogP contribution in [0, 0.1) is 11.8 Å². The number of hydrogen-bond acceptors (Lipinski definition) is 1. The number of allylic oxidation sites excluding steroid dienone is 2. The molecule has 1 fully saturated rings. The Kier molecular flexibility index (Phi) is 3.24. The van der Waals surface area contributed by atoms with Crippen molar-refractivity contribution in [1.82, 2.24) is 5.32 Å². The van der Waals surface area contributed by atoms with Crippen LogP contribution in [0.25, 0.3) is 0 Å². The fourth-order valence-corrected chi connectivity index (χ4v) is 3.04.